The molecule has 12 heavy (non-hydrogen) atoms. The number of hydrazine groups is 1. The lowest BCUT2D eigenvalue weighted by Crippen LogP contribution is -2.46. The first kappa shape index (κ1) is 11.4. The highest BCUT2D eigenvalue weighted by atomic mass is 16.5. The lowest BCUT2D eigenvalue weighted by Gasteiger charge is -2.17. The third-order valence-electron chi connectivity index (χ3n) is 1.55. The Morgan fingerprint density at radius 2 is 2.17 bits per heavy atom. The van der Waals surface area contributed by atoms with Gasteiger partial charge in [0.05, 0.1) is 6.61 Å². The molecule has 0 heterocycles. The number of ether oxygens (including phenoxy) is 1. The van der Waals surface area contributed by atoms with Crippen LogP contribution in [-0.4, -0.2) is 18.6 Å². The molecule has 0 saturated carbocycles. The molecular weight excluding hydrogens is 156 g/mol. The minimum absolute atomic E-state index is 0.152. The number of nitrogens with two attached hydrogens (primary N) is 1. The van der Waals surface area contributed by atoms with Gasteiger partial charge in [0.15, 0.2) is 0 Å². The summed E-state index contributed by atoms with van der Waals surface area (Å²) in [7, 11) is 0. The number of hydrogen-bond donors (Lipinski definition) is 2. The van der Waals surface area contributed by atoms with Crippen molar-refractivity contribution in [3.63, 3.8) is 0 Å². The Kier molecular flexibility index (Phi) is 5.66. The van der Waals surface area contributed by atoms with Crippen LogP contribution < -0.4 is 11.3 Å². The fourth-order valence-electron chi connectivity index (χ4n) is 0.825. The molecule has 0 radical (unpaired) electrons. The van der Waals surface area contributed by atoms with Crippen LogP contribution in [0, 0.1) is 5.92 Å². The summed E-state index contributed by atoms with van der Waals surface area (Å²) in [5.74, 6) is 5.08. The number of carbonyl (C=O) groups excluding carboxylic acids is 1. The molecule has 0 fully saturated rings. The van der Waals surface area contributed by atoms with Crippen molar-refractivity contribution in [2.45, 2.75) is 33.2 Å². The highest BCUT2D eigenvalue weighted by Crippen LogP contribution is 2.02. The van der Waals surface area contributed by atoms with E-state index < -0.39 is 6.04 Å². The minimum atomic E-state index is -0.392. The molecule has 1 atom stereocenters. The first-order chi connectivity index (χ1) is 5.63. The van der Waals surface area contributed by atoms with Gasteiger partial charge >= 0.3 is 5.97 Å². The van der Waals surface area contributed by atoms with Gasteiger partial charge in [0, 0.05) is 0 Å². The molecule has 0 aliphatic carbocycles. The van der Waals surface area contributed by atoms with E-state index in [2.05, 4.69) is 5.43 Å². The SMILES string of the molecule is CCCOC(=O)[C@@H](NN)C(C)C. The standard InChI is InChI=1S/C8H18N2O2/c1-4-5-12-8(11)7(10-9)6(2)3/h6-7,10H,4-5,9H2,1-3H3/t7-/m0/s1. The molecule has 0 aliphatic rings. The maximum Gasteiger partial charge on any atom is 0.324 e. The Morgan fingerprint density at radius 1 is 1.58 bits per heavy atom. The molecule has 0 spiro atoms. The van der Waals surface area contributed by atoms with Crippen LogP contribution in [0.1, 0.15) is 27.2 Å². The summed E-state index contributed by atoms with van der Waals surface area (Å²) < 4.78 is 4.92. The summed E-state index contributed by atoms with van der Waals surface area (Å²) in [6.07, 6.45) is 0.834. The van der Waals surface area contributed by atoms with Crippen LogP contribution in [-0.2, 0) is 9.53 Å². The van der Waals surface area contributed by atoms with E-state index in [-0.39, 0.29) is 11.9 Å². The van der Waals surface area contributed by atoms with Crippen LogP contribution in [0.25, 0.3) is 0 Å². The molecule has 0 unspecified atom stereocenters. The van der Waals surface area contributed by atoms with E-state index in [9.17, 15) is 4.79 Å². The average molecular weight is 174 g/mol. The van der Waals surface area contributed by atoms with Crippen LogP contribution in [0.15, 0.2) is 0 Å². The predicted octanol–water partition coefficient (Wildman–Crippen LogP) is 0.427. The highest BCUT2D eigenvalue weighted by Gasteiger charge is 2.21. The van der Waals surface area contributed by atoms with E-state index in [0.717, 1.165) is 6.42 Å². The summed E-state index contributed by atoms with van der Waals surface area (Å²) in [6.45, 7) is 6.24. The summed E-state index contributed by atoms with van der Waals surface area (Å²) in [5, 5.41) is 0. The summed E-state index contributed by atoms with van der Waals surface area (Å²) in [6, 6.07) is -0.392. The third kappa shape index (κ3) is 3.69. The van der Waals surface area contributed by atoms with Gasteiger partial charge in [-0.3, -0.25) is 10.6 Å². The quantitative estimate of drug-likeness (QED) is 0.360. The van der Waals surface area contributed by atoms with Crippen molar-refractivity contribution in [3.8, 4) is 0 Å². The third-order valence-corrected chi connectivity index (χ3v) is 1.55. The Labute approximate surface area is 73.4 Å². The van der Waals surface area contributed by atoms with Crippen molar-refractivity contribution >= 4 is 5.97 Å². The van der Waals surface area contributed by atoms with Crippen LogP contribution >= 0.6 is 0 Å². The van der Waals surface area contributed by atoms with Crippen LogP contribution in [0.4, 0.5) is 0 Å². The highest BCUT2D eigenvalue weighted by molar-refractivity contribution is 5.75. The molecular formula is C8H18N2O2. The maximum absolute atomic E-state index is 11.2. The van der Waals surface area contributed by atoms with Crippen molar-refractivity contribution in [2.75, 3.05) is 6.61 Å². The first-order valence-electron chi connectivity index (χ1n) is 4.26. The largest absolute Gasteiger partial charge is 0.464 e. The first-order valence-corrected chi connectivity index (χ1v) is 4.26. The second-order valence-electron chi connectivity index (χ2n) is 3.06. The minimum Gasteiger partial charge on any atom is -0.464 e. The fraction of sp³-hybridized carbons (Fsp3) is 0.875. The van der Waals surface area contributed by atoms with Gasteiger partial charge in [-0.05, 0) is 12.3 Å². The molecule has 0 aliphatic heterocycles. The van der Waals surface area contributed by atoms with Crippen molar-refractivity contribution in [3.05, 3.63) is 0 Å². The molecule has 72 valence electrons. The topological polar surface area (TPSA) is 64.3 Å². The Morgan fingerprint density at radius 3 is 2.50 bits per heavy atom. The molecule has 0 amide bonds. The van der Waals surface area contributed by atoms with Gasteiger partial charge in [-0.1, -0.05) is 20.8 Å². The number of nitrogens with one attached hydrogen (secondary N) is 1. The fourth-order valence-corrected chi connectivity index (χ4v) is 0.825. The van der Waals surface area contributed by atoms with Gasteiger partial charge in [0.1, 0.15) is 6.04 Å². The molecule has 4 heteroatoms. The lowest BCUT2D eigenvalue weighted by atomic mass is 10.1. The summed E-state index contributed by atoms with van der Waals surface area (Å²) in [5.41, 5.74) is 2.44. The molecule has 0 saturated heterocycles. The Bertz CT molecular complexity index is 137. The van der Waals surface area contributed by atoms with Crippen LogP contribution in [0.3, 0.4) is 0 Å². The van der Waals surface area contributed by atoms with Gasteiger partial charge in [0.25, 0.3) is 0 Å². The summed E-state index contributed by atoms with van der Waals surface area (Å²) in [4.78, 5) is 11.2. The van der Waals surface area contributed by atoms with E-state index in [0.29, 0.717) is 6.61 Å². The van der Waals surface area contributed by atoms with Gasteiger partial charge in [0.2, 0.25) is 0 Å². The van der Waals surface area contributed by atoms with E-state index in [4.69, 9.17) is 10.6 Å². The number of hydrogen-bond acceptors (Lipinski definition) is 4. The molecule has 0 aromatic rings. The normalized spacial score (nSPS) is 13.1. The number of carbonyl (C=O) groups is 1. The van der Waals surface area contributed by atoms with Crippen molar-refractivity contribution in [2.24, 2.45) is 11.8 Å². The smallest absolute Gasteiger partial charge is 0.324 e. The van der Waals surface area contributed by atoms with Crippen LogP contribution in [0.2, 0.25) is 0 Å². The van der Waals surface area contributed by atoms with Crippen molar-refractivity contribution in [1.29, 1.82) is 0 Å². The summed E-state index contributed by atoms with van der Waals surface area (Å²) >= 11 is 0. The predicted molar refractivity (Wildman–Crippen MR) is 47.2 cm³/mol. The van der Waals surface area contributed by atoms with Gasteiger partial charge < -0.3 is 4.74 Å². The molecule has 0 aromatic carbocycles. The maximum atomic E-state index is 11.2. The number of rotatable bonds is 5. The van der Waals surface area contributed by atoms with E-state index in [1.54, 1.807) is 0 Å². The second-order valence-corrected chi connectivity index (χ2v) is 3.06. The molecule has 0 aromatic heterocycles. The average Bonchev–Trinajstić information content (AvgIpc) is 2.01. The van der Waals surface area contributed by atoms with Crippen molar-refractivity contribution in [1.82, 2.24) is 5.43 Å². The second kappa shape index (κ2) is 5.97. The van der Waals surface area contributed by atoms with E-state index in [1.807, 2.05) is 20.8 Å². The number of esters is 1. The lowest BCUT2D eigenvalue weighted by molar-refractivity contribution is -0.147. The monoisotopic (exact) mass is 174 g/mol. The Balaban J connectivity index is 3.86. The van der Waals surface area contributed by atoms with Gasteiger partial charge in [-0.25, -0.2) is 5.43 Å². The molecule has 0 bridgehead atoms. The van der Waals surface area contributed by atoms with Crippen molar-refractivity contribution < 1.29 is 9.53 Å². The zero-order chi connectivity index (χ0) is 9.56. The van der Waals surface area contributed by atoms with Gasteiger partial charge in [-0.2, -0.15) is 0 Å². The molecule has 0 rings (SSSR count). The van der Waals surface area contributed by atoms with Gasteiger partial charge in [-0.15, -0.1) is 0 Å². The zero-order valence-corrected chi connectivity index (χ0v) is 7.96. The van der Waals surface area contributed by atoms with E-state index in [1.165, 1.54) is 0 Å². The van der Waals surface area contributed by atoms with Crippen LogP contribution in [0.5, 0.6) is 0 Å². The Hall–Kier alpha value is -0.610. The zero-order valence-electron chi connectivity index (χ0n) is 7.96. The molecule has 4 nitrogen and oxygen atoms in total. The van der Waals surface area contributed by atoms with E-state index >= 15 is 0 Å². The molecule has 3 N–H and O–H groups in total.